The second-order valence-corrected chi connectivity index (χ2v) is 7.56. The molecule has 1 fully saturated rings. The number of rotatable bonds is 5. The van der Waals surface area contributed by atoms with Crippen LogP contribution in [-0.2, 0) is 0 Å². The molecule has 0 unspecified atom stereocenters. The smallest absolute Gasteiger partial charge is 0.187 e. The third-order valence-corrected chi connectivity index (χ3v) is 5.50. The number of hydrogen-bond acceptors (Lipinski definition) is 6. The van der Waals surface area contributed by atoms with Gasteiger partial charge < -0.3 is 14.8 Å². The Morgan fingerprint density at radius 3 is 2.73 bits per heavy atom. The maximum absolute atomic E-state index is 14.8. The number of methoxy groups -OCH3 is 1. The minimum absolute atomic E-state index is 0.0687. The van der Waals surface area contributed by atoms with Crippen LogP contribution in [0.3, 0.4) is 0 Å². The Kier molecular flexibility index (Phi) is 4.71. The number of pyridine rings is 2. The van der Waals surface area contributed by atoms with Crippen molar-refractivity contribution >= 4 is 16.6 Å². The fourth-order valence-corrected chi connectivity index (χ4v) is 3.72. The maximum Gasteiger partial charge on any atom is 0.187 e. The number of ether oxygens (including phenoxy) is 2. The lowest BCUT2D eigenvalue weighted by Crippen LogP contribution is -2.42. The molecule has 0 spiro atoms. The number of alkyl halides is 1. The van der Waals surface area contributed by atoms with E-state index in [9.17, 15) is 4.39 Å². The molecular formula is C22H22FN5O2. The van der Waals surface area contributed by atoms with E-state index < -0.39 is 5.67 Å². The summed E-state index contributed by atoms with van der Waals surface area (Å²) in [7, 11) is 1.62. The Morgan fingerprint density at radius 1 is 1.07 bits per heavy atom. The zero-order chi connectivity index (χ0) is 20.6. The van der Waals surface area contributed by atoms with Crippen LogP contribution < -0.4 is 14.8 Å². The van der Waals surface area contributed by atoms with E-state index in [1.807, 2.05) is 53.1 Å². The van der Waals surface area contributed by atoms with Crippen molar-refractivity contribution in [1.82, 2.24) is 24.9 Å². The summed E-state index contributed by atoms with van der Waals surface area (Å²) >= 11 is 0. The molecule has 7 nitrogen and oxygen atoms in total. The summed E-state index contributed by atoms with van der Waals surface area (Å²) in [6.45, 7) is 1.44. The van der Waals surface area contributed by atoms with Crippen molar-refractivity contribution < 1.29 is 13.9 Å². The van der Waals surface area contributed by atoms with E-state index >= 15 is 0 Å². The average molecular weight is 407 g/mol. The topological polar surface area (TPSA) is 73.6 Å². The molecule has 1 saturated heterocycles. The number of nitrogens with one attached hydrogen (secondary N) is 1. The molecule has 1 aliphatic rings. The van der Waals surface area contributed by atoms with Gasteiger partial charge in [-0.15, -0.1) is 10.2 Å². The Bertz CT molecular complexity index is 1200. The summed E-state index contributed by atoms with van der Waals surface area (Å²) < 4.78 is 27.7. The summed E-state index contributed by atoms with van der Waals surface area (Å²) in [6, 6.07) is 13.1. The third kappa shape index (κ3) is 3.54. The summed E-state index contributed by atoms with van der Waals surface area (Å²) in [6.07, 6.45) is 2.78. The number of benzene rings is 1. The van der Waals surface area contributed by atoms with Crippen molar-refractivity contribution in [2.45, 2.75) is 18.5 Å². The van der Waals surface area contributed by atoms with Crippen LogP contribution >= 0.6 is 0 Å². The molecule has 0 aliphatic carbocycles. The molecule has 4 heterocycles. The molecule has 0 radical (unpaired) electrons. The summed E-state index contributed by atoms with van der Waals surface area (Å²) in [4.78, 5) is 4.73. The molecular weight excluding hydrogens is 385 g/mol. The lowest BCUT2D eigenvalue weighted by molar-refractivity contribution is 0.0540. The summed E-state index contributed by atoms with van der Waals surface area (Å²) in [5, 5.41) is 12.6. The highest BCUT2D eigenvalue weighted by Crippen LogP contribution is 2.27. The van der Waals surface area contributed by atoms with Gasteiger partial charge in [0.1, 0.15) is 29.5 Å². The van der Waals surface area contributed by atoms with E-state index in [2.05, 4.69) is 15.5 Å². The number of halogens is 1. The van der Waals surface area contributed by atoms with Gasteiger partial charge >= 0.3 is 0 Å². The Morgan fingerprint density at radius 2 is 1.90 bits per heavy atom. The Balaban J connectivity index is 1.41. The number of nitrogens with zero attached hydrogens (tertiary/aromatic N) is 4. The first-order chi connectivity index (χ1) is 14.6. The zero-order valence-electron chi connectivity index (χ0n) is 16.6. The van der Waals surface area contributed by atoms with Gasteiger partial charge in [0.25, 0.3) is 0 Å². The summed E-state index contributed by atoms with van der Waals surface area (Å²) in [5.74, 6) is 1.99. The monoisotopic (exact) mass is 407 g/mol. The molecule has 4 aromatic rings. The van der Waals surface area contributed by atoms with Crippen LogP contribution in [0.2, 0.25) is 0 Å². The zero-order valence-corrected chi connectivity index (χ0v) is 16.6. The molecule has 1 N–H and O–H groups in total. The van der Waals surface area contributed by atoms with E-state index in [-0.39, 0.29) is 6.61 Å². The molecule has 0 amide bonds. The second-order valence-electron chi connectivity index (χ2n) is 7.56. The molecule has 0 atom stereocenters. The number of fused-ring (bicyclic) bond motifs is 2. The first kappa shape index (κ1) is 18.7. The van der Waals surface area contributed by atoms with Crippen molar-refractivity contribution in [2.24, 2.45) is 0 Å². The predicted molar refractivity (Wildman–Crippen MR) is 112 cm³/mol. The molecule has 30 heavy (non-hydrogen) atoms. The second kappa shape index (κ2) is 7.53. The quantitative estimate of drug-likeness (QED) is 0.547. The number of hydrogen-bond donors (Lipinski definition) is 1. The van der Waals surface area contributed by atoms with Crippen LogP contribution in [0.15, 0.2) is 48.7 Å². The van der Waals surface area contributed by atoms with Crippen LogP contribution in [0, 0.1) is 0 Å². The maximum atomic E-state index is 14.8. The highest BCUT2D eigenvalue weighted by atomic mass is 19.1. The van der Waals surface area contributed by atoms with Crippen molar-refractivity contribution in [3.05, 3.63) is 48.7 Å². The first-order valence-electron chi connectivity index (χ1n) is 9.96. The highest BCUT2D eigenvalue weighted by molar-refractivity contribution is 5.82. The van der Waals surface area contributed by atoms with Gasteiger partial charge in [-0.25, -0.2) is 9.37 Å². The minimum atomic E-state index is -1.27. The van der Waals surface area contributed by atoms with E-state index in [4.69, 9.17) is 14.5 Å². The molecule has 1 aliphatic heterocycles. The van der Waals surface area contributed by atoms with Crippen molar-refractivity contribution in [1.29, 1.82) is 0 Å². The SMILES string of the molecule is COc1ccc2nnc(-c3ccc4cc(OCC5(F)CCNCC5)ccc4n3)n2c1. The standard InChI is InChI=1S/C22H22FN5O2/c1-29-17-4-7-20-26-27-21(28(20)13-17)19-5-2-15-12-16(3-6-18(15)25-19)30-14-22(23)8-10-24-11-9-22/h2-7,12-13,24H,8-11,14H2,1H3. The minimum Gasteiger partial charge on any atom is -0.495 e. The van der Waals surface area contributed by atoms with Crippen molar-refractivity contribution in [3.8, 4) is 23.0 Å². The van der Waals surface area contributed by atoms with Crippen LogP contribution in [-0.4, -0.2) is 52.1 Å². The third-order valence-electron chi connectivity index (χ3n) is 5.50. The van der Waals surface area contributed by atoms with E-state index in [1.54, 1.807) is 7.11 Å². The molecule has 0 saturated carbocycles. The van der Waals surface area contributed by atoms with Crippen LogP contribution in [0.4, 0.5) is 4.39 Å². The molecule has 154 valence electrons. The number of aromatic nitrogens is 4. The van der Waals surface area contributed by atoms with E-state index in [0.717, 1.165) is 16.6 Å². The van der Waals surface area contributed by atoms with Crippen molar-refractivity contribution in [2.75, 3.05) is 26.8 Å². The normalized spacial score (nSPS) is 16.1. The van der Waals surface area contributed by atoms with Crippen LogP contribution in [0.25, 0.3) is 28.1 Å². The van der Waals surface area contributed by atoms with Gasteiger partial charge in [-0.2, -0.15) is 0 Å². The number of piperidine rings is 1. The van der Waals surface area contributed by atoms with E-state index in [0.29, 0.717) is 48.9 Å². The average Bonchev–Trinajstić information content (AvgIpc) is 3.21. The molecule has 0 bridgehead atoms. The van der Waals surface area contributed by atoms with Crippen LogP contribution in [0.5, 0.6) is 11.5 Å². The highest BCUT2D eigenvalue weighted by Gasteiger charge is 2.32. The van der Waals surface area contributed by atoms with Crippen LogP contribution in [0.1, 0.15) is 12.8 Å². The molecule has 3 aromatic heterocycles. The molecule has 1 aromatic carbocycles. The van der Waals surface area contributed by atoms with Gasteiger partial charge in [0, 0.05) is 5.39 Å². The summed E-state index contributed by atoms with van der Waals surface area (Å²) in [5.41, 5.74) is 0.957. The molecule has 8 heteroatoms. The van der Waals surface area contributed by atoms with Gasteiger partial charge in [-0.3, -0.25) is 4.40 Å². The Labute approximate surface area is 172 Å². The fourth-order valence-electron chi connectivity index (χ4n) is 3.72. The Hall–Kier alpha value is -3.26. The van der Waals surface area contributed by atoms with Gasteiger partial charge in [-0.1, -0.05) is 6.07 Å². The fraction of sp³-hybridized carbons (Fsp3) is 0.318. The lowest BCUT2D eigenvalue weighted by atomic mass is 9.95. The lowest BCUT2D eigenvalue weighted by Gasteiger charge is -2.29. The first-order valence-corrected chi connectivity index (χ1v) is 9.96. The predicted octanol–water partition coefficient (Wildman–Crippen LogP) is 3.42. The van der Waals surface area contributed by atoms with Gasteiger partial charge in [-0.05, 0) is 62.3 Å². The van der Waals surface area contributed by atoms with Gasteiger partial charge in [0.05, 0.1) is 18.8 Å². The van der Waals surface area contributed by atoms with Crippen molar-refractivity contribution in [3.63, 3.8) is 0 Å². The van der Waals surface area contributed by atoms with E-state index in [1.165, 1.54) is 0 Å². The molecule has 5 rings (SSSR count). The largest absolute Gasteiger partial charge is 0.495 e. The van der Waals surface area contributed by atoms with Gasteiger partial charge in [0.2, 0.25) is 0 Å². The van der Waals surface area contributed by atoms with Gasteiger partial charge in [0.15, 0.2) is 11.5 Å².